The van der Waals surface area contributed by atoms with Crippen LogP contribution in [-0.4, -0.2) is 35.4 Å². The maximum Gasteiger partial charge on any atom is 0.191 e. The highest BCUT2D eigenvalue weighted by atomic mass is 16.5. The summed E-state index contributed by atoms with van der Waals surface area (Å²) in [6.07, 6.45) is 9.35. The van der Waals surface area contributed by atoms with E-state index in [0.29, 0.717) is 0 Å². The molecule has 27 heavy (non-hydrogen) atoms. The van der Waals surface area contributed by atoms with Crippen LogP contribution in [0.3, 0.4) is 0 Å². The molecule has 3 aliphatic rings. The summed E-state index contributed by atoms with van der Waals surface area (Å²) in [5.41, 5.74) is 6.96. The maximum absolute atomic E-state index is 6.69. The summed E-state index contributed by atoms with van der Waals surface area (Å²) in [4.78, 5) is 5.85. The molecule has 5 heteroatoms. The summed E-state index contributed by atoms with van der Waals surface area (Å²) in [7, 11) is 0. The molecule has 0 radical (unpaired) electrons. The second-order valence-electron chi connectivity index (χ2n) is 7.83. The van der Waals surface area contributed by atoms with Gasteiger partial charge in [-0.1, -0.05) is 25.1 Å². The zero-order chi connectivity index (χ0) is 18.3. The predicted octanol–water partition coefficient (Wildman–Crippen LogP) is 2.16. The second kappa shape index (κ2) is 6.66. The Labute approximate surface area is 160 Å². The number of hydrazine groups is 1. The molecule has 1 spiro atoms. The van der Waals surface area contributed by atoms with Gasteiger partial charge in [0.2, 0.25) is 0 Å². The van der Waals surface area contributed by atoms with Gasteiger partial charge in [0.25, 0.3) is 0 Å². The Morgan fingerprint density at radius 1 is 1.19 bits per heavy atom. The first-order valence-electron chi connectivity index (χ1n) is 10.1. The number of hydrogen-bond donors (Lipinski definition) is 2. The first-order valence-corrected chi connectivity index (χ1v) is 10.1. The van der Waals surface area contributed by atoms with E-state index in [1.165, 1.54) is 24.1 Å². The smallest absolute Gasteiger partial charge is 0.191 e. The van der Waals surface area contributed by atoms with Gasteiger partial charge in [-0.3, -0.25) is 4.98 Å². The number of nitrogens with one attached hydrogen (secondary N) is 2. The van der Waals surface area contributed by atoms with Crippen LogP contribution in [0.15, 0.2) is 54.9 Å². The molecule has 0 amide bonds. The van der Waals surface area contributed by atoms with Crippen LogP contribution in [0.4, 0.5) is 0 Å². The third-order valence-electron chi connectivity index (χ3n) is 6.15. The molecule has 5 rings (SSSR count). The number of pyridine rings is 1. The lowest BCUT2D eigenvalue weighted by Gasteiger charge is -2.50. The van der Waals surface area contributed by atoms with Crippen molar-refractivity contribution in [3.63, 3.8) is 0 Å². The van der Waals surface area contributed by atoms with Crippen LogP contribution in [0.5, 0.6) is 5.75 Å². The fraction of sp³-hybridized carbons (Fsp3) is 0.409. The third kappa shape index (κ3) is 2.82. The van der Waals surface area contributed by atoms with Crippen molar-refractivity contribution in [2.75, 3.05) is 19.6 Å². The molecule has 5 nitrogen and oxygen atoms in total. The van der Waals surface area contributed by atoms with Crippen LogP contribution in [0.25, 0.3) is 5.70 Å². The molecule has 0 aliphatic carbocycles. The largest absolute Gasteiger partial charge is 0.470 e. The molecular weight excluding hydrogens is 336 g/mol. The summed E-state index contributed by atoms with van der Waals surface area (Å²) in [5.74, 6) is 1.03. The van der Waals surface area contributed by atoms with E-state index in [2.05, 4.69) is 64.8 Å². The van der Waals surface area contributed by atoms with Crippen molar-refractivity contribution in [3.05, 3.63) is 66.0 Å². The van der Waals surface area contributed by atoms with E-state index >= 15 is 0 Å². The quantitative estimate of drug-likeness (QED) is 0.877. The first-order chi connectivity index (χ1) is 13.3. The average molecular weight is 363 g/mol. The lowest BCUT2D eigenvalue weighted by molar-refractivity contribution is -0.908. The molecule has 3 aliphatic heterocycles. The molecule has 1 aromatic carbocycles. The third-order valence-corrected chi connectivity index (χ3v) is 6.15. The van der Waals surface area contributed by atoms with Gasteiger partial charge in [-0.2, -0.15) is 5.01 Å². The molecule has 140 valence electrons. The molecule has 0 bridgehead atoms. The molecule has 2 aromatic rings. The SMILES string of the molecule is CCC[NH+]1CCC2(CC1)Oc1ccccc1[C@H]1C=C(c3ccncc3)NN12. The topological polar surface area (TPSA) is 41.8 Å². The van der Waals surface area contributed by atoms with E-state index < -0.39 is 0 Å². The van der Waals surface area contributed by atoms with Gasteiger partial charge in [-0.25, -0.2) is 0 Å². The number of ether oxygens (including phenoxy) is 1. The number of quaternary nitrogens is 1. The number of rotatable bonds is 3. The zero-order valence-corrected chi connectivity index (χ0v) is 15.8. The van der Waals surface area contributed by atoms with Gasteiger partial charge in [0.15, 0.2) is 5.72 Å². The van der Waals surface area contributed by atoms with Crippen LogP contribution >= 0.6 is 0 Å². The molecule has 1 fully saturated rings. The standard InChI is InChI=1S/C22H26N4O/c1-2-13-25-14-9-22(10-15-25)26-20(18-5-3-4-6-21(18)27-22)16-19(24-26)17-7-11-23-12-8-17/h3-8,11-12,16,20,24H,2,9-10,13-15H2,1H3/p+1/t20-/m1/s1. The Morgan fingerprint density at radius 3 is 2.74 bits per heavy atom. The van der Waals surface area contributed by atoms with Crippen LogP contribution in [0, 0.1) is 0 Å². The Hall–Kier alpha value is -2.37. The Morgan fingerprint density at radius 2 is 1.96 bits per heavy atom. The molecular formula is C22H27N4O+. The molecule has 0 saturated carbocycles. The highest BCUT2D eigenvalue weighted by molar-refractivity contribution is 5.67. The number of para-hydroxylation sites is 1. The number of nitrogens with zero attached hydrogens (tertiary/aromatic N) is 2. The van der Waals surface area contributed by atoms with E-state index in [9.17, 15) is 0 Å². The maximum atomic E-state index is 6.69. The van der Waals surface area contributed by atoms with E-state index in [1.54, 1.807) is 4.90 Å². The van der Waals surface area contributed by atoms with E-state index in [4.69, 9.17) is 4.74 Å². The molecule has 0 unspecified atom stereocenters. The fourth-order valence-electron chi connectivity index (χ4n) is 4.76. The lowest BCUT2D eigenvalue weighted by Crippen LogP contribution is -3.14. The zero-order valence-electron chi connectivity index (χ0n) is 15.8. The monoisotopic (exact) mass is 363 g/mol. The van der Waals surface area contributed by atoms with E-state index in [-0.39, 0.29) is 11.8 Å². The number of benzene rings is 1. The number of aromatic nitrogens is 1. The van der Waals surface area contributed by atoms with Crippen LogP contribution in [-0.2, 0) is 0 Å². The Bertz CT molecular complexity index is 842. The number of fused-ring (bicyclic) bond motifs is 4. The molecule has 1 saturated heterocycles. The average Bonchev–Trinajstić information content (AvgIpc) is 3.18. The highest BCUT2D eigenvalue weighted by Crippen LogP contribution is 2.47. The summed E-state index contributed by atoms with van der Waals surface area (Å²) in [6.45, 7) is 5.84. The van der Waals surface area contributed by atoms with Crippen molar-refractivity contribution >= 4 is 5.70 Å². The van der Waals surface area contributed by atoms with Crippen molar-refractivity contribution in [3.8, 4) is 5.75 Å². The van der Waals surface area contributed by atoms with Gasteiger partial charge < -0.3 is 15.1 Å². The number of piperidine rings is 1. The molecule has 1 aromatic heterocycles. The van der Waals surface area contributed by atoms with Crippen molar-refractivity contribution in [2.24, 2.45) is 0 Å². The predicted molar refractivity (Wildman–Crippen MR) is 105 cm³/mol. The van der Waals surface area contributed by atoms with Crippen LogP contribution in [0.1, 0.15) is 43.4 Å². The molecule has 2 N–H and O–H groups in total. The summed E-state index contributed by atoms with van der Waals surface area (Å²) in [6, 6.07) is 12.8. The van der Waals surface area contributed by atoms with Gasteiger partial charge in [-0.05, 0) is 30.7 Å². The molecule has 4 heterocycles. The first kappa shape index (κ1) is 16.8. The van der Waals surface area contributed by atoms with Gasteiger partial charge in [0.05, 0.1) is 44.2 Å². The van der Waals surface area contributed by atoms with Crippen molar-refractivity contribution in [1.82, 2.24) is 15.4 Å². The van der Waals surface area contributed by atoms with Gasteiger partial charge >= 0.3 is 0 Å². The summed E-state index contributed by atoms with van der Waals surface area (Å²) < 4.78 is 6.69. The van der Waals surface area contributed by atoms with Gasteiger partial charge in [-0.15, -0.1) is 0 Å². The minimum Gasteiger partial charge on any atom is -0.470 e. The van der Waals surface area contributed by atoms with Crippen molar-refractivity contribution < 1.29 is 9.64 Å². The van der Waals surface area contributed by atoms with Gasteiger partial charge in [0.1, 0.15) is 5.75 Å². The van der Waals surface area contributed by atoms with Crippen molar-refractivity contribution in [2.45, 2.75) is 38.0 Å². The van der Waals surface area contributed by atoms with Crippen LogP contribution in [0.2, 0.25) is 0 Å². The van der Waals surface area contributed by atoms with Gasteiger partial charge in [0, 0.05) is 23.5 Å². The summed E-state index contributed by atoms with van der Waals surface area (Å²) in [5, 5.41) is 2.37. The lowest BCUT2D eigenvalue weighted by atomic mass is 9.92. The summed E-state index contributed by atoms with van der Waals surface area (Å²) >= 11 is 0. The normalized spacial score (nSPS) is 29.4. The Balaban J connectivity index is 1.50. The fourth-order valence-corrected chi connectivity index (χ4v) is 4.76. The highest BCUT2D eigenvalue weighted by Gasteiger charge is 2.52. The molecule has 1 atom stereocenters. The Kier molecular flexibility index (Phi) is 4.14. The van der Waals surface area contributed by atoms with E-state index in [1.807, 2.05) is 12.4 Å². The number of hydrogen-bond acceptors (Lipinski definition) is 4. The minimum absolute atomic E-state index is 0.200. The van der Waals surface area contributed by atoms with E-state index in [0.717, 1.165) is 37.4 Å². The van der Waals surface area contributed by atoms with Crippen LogP contribution < -0.4 is 15.1 Å². The van der Waals surface area contributed by atoms with Crippen molar-refractivity contribution in [1.29, 1.82) is 0 Å². The minimum atomic E-state index is -0.276. The second-order valence-corrected chi connectivity index (χ2v) is 7.83. The number of likely N-dealkylation sites (tertiary alicyclic amines) is 1.